The van der Waals surface area contributed by atoms with Gasteiger partial charge in [-0.3, -0.25) is 0 Å². The number of alkyl halides is 1. The van der Waals surface area contributed by atoms with Gasteiger partial charge < -0.3 is 9.64 Å². The number of methoxy groups -OCH3 is 1. The van der Waals surface area contributed by atoms with Crippen LogP contribution < -0.4 is 4.90 Å². The van der Waals surface area contributed by atoms with Crippen LogP contribution in [0, 0.1) is 5.92 Å². The lowest BCUT2D eigenvalue weighted by Gasteiger charge is -2.19. The first-order valence-corrected chi connectivity index (χ1v) is 6.74. The standard InChI is InChI=1S/C13H17Cl2NO/c1-17-9-10-4-5-16(8-10)12-3-2-11(7-14)13(15)6-12/h2-3,6,10H,4-5,7-9H2,1H3. The van der Waals surface area contributed by atoms with Crippen molar-refractivity contribution in [2.45, 2.75) is 12.3 Å². The van der Waals surface area contributed by atoms with E-state index in [0.717, 1.165) is 30.3 Å². The molecule has 1 fully saturated rings. The number of benzene rings is 1. The Morgan fingerprint density at radius 3 is 2.94 bits per heavy atom. The second-order valence-electron chi connectivity index (χ2n) is 4.47. The maximum Gasteiger partial charge on any atom is 0.0508 e. The van der Waals surface area contributed by atoms with E-state index in [0.29, 0.717) is 11.8 Å². The third-order valence-electron chi connectivity index (χ3n) is 3.23. The van der Waals surface area contributed by atoms with Crippen LogP contribution in [0.15, 0.2) is 18.2 Å². The number of hydrogen-bond donors (Lipinski definition) is 0. The van der Waals surface area contributed by atoms with E-state index < -0.39 is 0 Å². The topological polar surface area (TPSA) is 12.5 Å². The molecule has 1 unspecified atom stereocenters. The molecule has 2 rings (SSSR count). The van der Waals surface area contributed by atoms with E-state index in [1.165, 1.54) is 12.1 Å². The third-order valence-corrected chi connectivity index (χ3v) is 3.87. The Morgan fingerprint density at radius 2 is 2.29 bits per heavy atom. The highest BCUT2D eigenvalue weighted by Gasteiger charge is 2.22. The van der Waals surface area contributed by atoms with Crippen LogP contribution in [0.25, 0.3) is 0 Å². The average molecular weight is 274 g/mol. The van der Waals surface area contributed by atoms with Gasteiger partial charge in [0.25, 0.3) is 0 Å². The number of halogens is 2. The highest BCUT2D eigenvalue weighted by Crippen LogP contribution is 2.28. The molecule has 1 atom stereocenters. The van der Waals surface area contributed by atoms with Gasteiger partial charge in [-0.15, -0.1) is 11.6 Å². The summed E-state index contributed by atoms with van der Waals surface area (Å²) in [7, 11) is 1.76. The van der Waals surface area contributed by atoms with Crippen LogP contribution in [0.4, 0.5) is 5.69 Å². The number of ether oxygens (including phenoxy) is 1. The fraction of sp³-hybridized carbons (Fsp3) is 0.538. The highest BCUT2D eigenvalue weighted by molar-refractivity contribution is 6.32. The van der Waals surface area contributed by atoms with Crippen LogP contribution in [0.2, 0.25) is 5.02 Å². The minimum atomic E-state index is 0.464. The van der Waals surface area contributed by atoms with E-state index >= 15 is 0 Å². The largest absolute Gasteiger partial charge is 0.384 e. The minimum Gasteiger partial charge on any atom is -0.384 e. The maximum atomic E-state index is 6.17. The van der Waals surface area contributed by atoms with Gasteiger partial charge in [0.1, 0.15) is 0 Å². The van der Waals surface area contributed by atoms with E-state index in [9.17, 15) is 0 Å². The molecule has 1 aromatic carbocycles. The quantitative estimate of drug-likeness (QED) is 0.778. The van der Waals surface area contributed by atoms with Gasteiger partial charge in [-0.2, -0.15) is 0 Å². The van der Waals surface area contributed by atoms with Crippen LogP contribution in [0.3, 0.4) is 0 Å². The van der Waals surface area contributed by atoms with Gasteiger partial charge in [0.2, 0.25) is 0 Å². The van der Waals surface area contributed by atoms with Gasteiger partial charge in [0, 0.05) is 42.7 Å². The molecule has 1 saturated heterocycles. The lowest BCUT2D eigenvalue weighted by molar-refractivity contribution is 0.161. The lowest BCUT2D eigenvalue weighted by atomic mass is 10.1. The Balaban J connectivity index is 2.06. The molecule has 0 bridgehead atoms. The Labute approximate surface area is 112 Å². The smallest absolute Gasteiger partial charge is 0.0508 e. The first-order valence-electron chi connectivity index (χ1n) is 5.83. The zero-order valence-electron chi connectivity index (χ0n) is 9.96. The maximum absolute atomic E-state index is 6.17. The Bertz CT molecular complexity index is 384. The minimum absolute atomic E-state index is 0.464. The first-order chi connectivity index (χ1) is 8.24. The van der Waals surface area contributed by atoms with Gasteiger partial charge in [-0.05, 0) is 24.1 Å². The third kappa shape index (κ3) is 3.06. The van der Waals surface area contributed by atoms with E-state index in [1.54, 1.807) is 7.11 Å². The molecule has 0 radical (unpaired) electrons. The molecular weight excluding hydrogens is 257 g/mol. The molecule has 0 aliphatic carbocycles. The summed E-state index contributed by atoms with van der Waals surface area (Å²) in [6.07, 6.45) is 1.18. The van der Waals surface area contributed by atoms with Gasteiger partial charge in [0.15, 0.2) is 0 Å². The summed E-state index contributed by atoms with van der Waals surface area (Å²) in [5, 5.41) is 0.757. The fourth-order valence-electron chi connectivity index (χ4n) is 2.28. The van der Waals surface area contributed by atoms with Crippen LogP contribution >= 0.6 is 23.2 Å². The molecule has 2 nitrogen and oxygen atoms in total. The zero-order valence-corrected chi connectivity index (χ0v) is 11.5. The monoisotopic (exact) mass is 273 g/mol. The van der Waals surface area contributed by atoms with Gasteiger partial charge >= 0.3 is 0 Å². The van der Waals surface area contributed by atoms with Crippen molar-refractivity contribution in [2.24, 2.45) is 5.92 Å². The van der Waals surface area contributed by atoms with Crippen molar-refractivity contribution in [3.63, 3.8) is 0 Å². The molecule has 0 aromatic heterocycles. The van der Waals surface area contributed by atoms with Gasteiger partial charge in [-0.25, -0.2) is 0 Å². The van der Waals surface area contributed by atoms with Crippen molar-refractivity contribution >= 4 is 28.9 Å². The van der Waals surface area contributed by atoms with Gasteiger partial charge in [0.05, 0.1) is 6.61 Å². The highest BCUT2D eigenvalue weighted by atomic mass is 35.5. The predicted molar refractivity (Wildman–Crippen MR) is 73.2 cm³/mol. The summed E-state index contributed by atoms with van der Waals surface area (Å²) >= 11 is 12.0. The molecule has 0 spiro atoms. The molecule has 0 amide bonds. The molecule has 1 aromatic rings. The lowest BCUT2D eigenvalue weighted by Crippen LogP contribution is -2.20. The van der Waals surface area contributed by atoms with Crippen molar-refractivity contribution in [3.8, 4) is 0 Å². The molecule has 1 aliphatic rings. The van der Waals surface area contributed by atoms with Gasteiger partial charge in [-0.1, -0.05) is 17.7 Å². The fourth-order valence-corrected chi connectivity index (χ4v) is 2.82. The average Bonchev–Trinajstić information content (AvgIpc) is 2.78. The Morgan fingerprint density at radius 1 is 1.47 bits per heavy atom. The zero-order chi connectivity index (χ0) is 12.3. The van der Waals surface area contributed by atoms with Crippen molar-refractivity contribution in [1.29, 1.82) is 0 Å². The first kappa shape index (κ1) is 13.0. The Hall–Kier alpha value is -0.440. The summed E-state index contributed by atoms with van der Waals surface area (Å²) < 4.78 is 5.20. The SMILES string of the molecule is COCC1CCN(c2ccc(CCl)c(Cl)c2)C1. The normalized spacial score (nSPS) is 19.9. The second-order valence-corrected chi connectivity index (χ2v) is 5.14. The van der Waals surface area contributed by atoms with Crippen LogP contribution in [0.1, 0.15) is 12.0 Å². The second kappa shape index (κ2) is 5.94. The summed E-state index contributed by atoms with van der Waals surface area (Å²) in [5.74, 6) is 1.09. The molecule has 0 saturated carbocycles. The van der Waals surface area contributed by atoms with E-state index in [4.69, 9.17) is 27.9 Å². The molecular formula is C13H17Cl2NO. The number of rotatable bonds is 4. The summed E-state index contributed by atoms with van der Waals surface area (Å²) in [6, 6.07) is 6.11. The van der Waals surface area contributed by atoms with E-state index in [2.05, 4.69) is 11.0 Å². The molecule has 1 aliphatic heterocycles. The predicted octanol–water partition coefficient (Wildman–Crippen LogP) is 3.55. The van der Waals surface area contributed by atoms with Crippen molar-refractivity contribution in [2.75, 3.05) is 31.7 Å². The van der Waals surface area contributed by atoms with Crippen LogP contribution in [-0.4, -0.2) is 26.8 Å². The summed E-state index contributed by atoms with van der Waals surface area (Å²) in [6.45, 7) is 2.96. The summed E-state index contributed by atoms with van der Waals surface area (Å²) in [4.78, 5) is 2.35. The molecule has 17 heavy (non-hydrogen) atoms. The summed E-state index contributed by atoms with van der Waals surface area (Å²) in [5.41, 5.74) is 2.17. The molecule has 4 heteroatoms. The van der Waals surface area contributed by atoms with Crippen LogP contribution in [-0.2, 0) is 10.6 Å². The Kier molecular flexibility index (Phi) is 4.55. The molecule has 94 valence electrons. The molecule has 1 heterocycles. The van der Waals surface area contributed by atoms with Crippen molar-refractivity contribution in [3.05, 3.63) is 28.8 Å². The van der Waals surface area contributed by atoms with Crippen LogP contribution in [0.5, 0.6) is 0 Å². The number of nitrogens with zero attached hydrogens (tertiary/aromatic N) is 1. The van der Waals surface area contributed by atoms with E-state index in [1.807, 2.05) is 12.1 Å². The van der Waals surface area contributed by atoms with E-state index in [-0.39, 0.29) is 0 Å². The van der Waals surface area contributed by atoms with Crippen molar-refractivity contribution in [1.82, 2.24) is 0 Å². The van der Waals surface area contributed by atoms with Crippen molar-refractivity contribution < 1.29 is 4.74 Å². The number of anilines is 1. The molecule has 0 N–H and O–H groups in total. The number of hydrogen-bond acceptors (Lipinski definition) is 2.